The van der Waals surface area contributed by atoms with E-state index in [0.717, 1.165) is 45.0 Å². The zero-order valence-electron chi connectivity index (χ0n) is 15.9. The average molecular weight is 379 g/mol. The molecular formula is C22H25N3O3. The van der Waals surface area contributed by atoms with E-state index in [1.54, 1.807) is 18.4 Å². The molecule has 0 spiro atoms. The molecule has 0 saturated carbocycles. The minimum Gasteiger partial charge on any atom is -0.485 e. The third-order valence-corrected chi connectivity index (χ3v) is 5.12. The number of aromatic nitrogens is 1. The van der Waals surface area contributed by atoms with Crippen molar-refractivity contribution in [1.82, 2.24) is 9.88 Å². The molecule has 0 unspecified atom stereocenters. The lowest BCUT2D eigenvalue weighted by atomic mass is 10.1. The number of rotatable bonds is 6. The van der Waals surface area contributed by atoms with Gasteiger partial charge in [-0.15, -0.1) is 0 Å². The SMILES string of the molecule is O=C(CCCN1CCN(c2ccccn2)CC1)c1ccc2c(c1)OC=CCO2. The number of piperazine rings is 1. The number of ether oxygens (including phenoxy) is 2. The fraction of sp³-hybridized carbons (Fsp3) is 0.364. The maximum Gasteiger partial charge on any atom is 0.169 e. The van der Waals surface area contributed by atoms with E-state index in [1.165, 1.54) is 0 Å². The summed E-state index contributed by atoms with van der Waals surface area (Å²) in [5.41, 5.74) is 0.678. The van der Waals surface area contributed by atoms with Crippen molar-refractivity contribution in [3.05, 3.63) is 60.5 Å². The van der Waals surface area contributed by atoms with Crippen molar-refractivity contribution in [3.8, 4) is 11.5 Å². The van der Waals surface area contributed by atoms with Crippen LogP contribution < -0.4 is 14.4 Å². The summed E-state index contributed by atoms with van der Waals surface area (Å²) >= 11 is 0. The second-order valence-corrected chi connectivity index (χ2v) is 7.01. The summed E-state index contributed by atoms with van der Waals surface area (Å²) in [6.07, 6.45) is 6.63. The Morgan fingerprint density at radius 2 is 1.96 bits per heavy atom. The van der Waals surface area contributed by atoms with E-state index < -0.39 is 0 Å². The number of nitrogens with zero attached hydrogens (tertiary/aromatic N) is 3. The van der Waals surface area contributed by atoms with Gasteiger partial charge >= 0.3 is 0 Å². The first kappa shape index (κ1) is 18.5. The molecule has 6 heteroatoms. The normalized spacial score (nSPS) is 16.6. The van der Waals surface area contributed by atoms with Crippen LogP contribution >= 0.6 is 0 Å². The fourth-order valence-corrected chi connectivity index (χ4v) is 3.54. The largest absolute Gasteiger partial charge is 0.485 e. The number of benzene rings is 1. The number of carbonyl (C=O) groups excluding carboxylic acids is 1. The highest BCUT2D eigenvalue weighted by molar-refractivity contribution is 5.96. The number of pyridine rings is 1. The second-order valence-electron chi connectivity index (χ2n) is 7.01. The molecule has 0 aliphatic carbocycles. The first-order valence-electron chi connectivity index (χ1n) is 9.80. The Hall–Kier alpha value is -2.86. The molecule has 2 aliphatic heterocycles. The van der Waals surface area contributed by atoms with Gasteiger partial charge < -0.3 is 14.4 Å². The van der Waals surface area contributed by atoms with E-state index in [1.807, 2.05) is 30.5 Å². The predicted octanol–water partition coefficient (Wildman–Crippen LogP) is 3.15. The van der Waals surface area contributed by atoms with E-state index >= 15 is 0 Å². The summed E-state index contributed by atoms with van der Waals surface area (Å²) in [4.78, 5) is 21.7. The monoisotopic (exact) mass is 379 g/mol. The van der Waals surface area contributed by atoms with E-state index in [-0.39, 0.29) is 5.78 Å². The number of hydrogen-bond donors (Lipinski definition) is 0. The van der Waals surface area contributed by atoms with Crippen molar-refractivity contribution in [3.63, 3.8) is 0 Å². The first-order valence-corrected chi connectivity index (χ1v) is 9.80. The summed E-state index contributed by atoms with van der Waals surface area (Å²) in [7, 11) is 0. The molecule has 1 aromatic carbocycles. The van der Waals surface area contributed by atoms with Crippen LogP contribution in [0.15, 0.2) is 54.9 Å². The molecule has 2 aliphatic rings. The number of ketones is 1. The van der Waals surface area contributed by atoms with Crippen molar-refractivity contribution >= 4 is 11.6 Å². The summed E-state index contributed by atoms with van der Waals surface area (Å²) in [5.74, 6) is 2.46. The van der Waals surface area contributed by atoms with Gasteiger partial charge in [-0.05, 0) is 49.4 Å². The highest BCUT2D eigenvalue weighted by Gasteiger charge is 2.18. The predicted molar refractivity (Wildman–Crippen MR) is 108 cm³/mol. The highest BCUT2D eigenvalue weighted by atomic mass is 16.5. The maximum atomic E-state index is 12.5. The minimum atomic E-state index is 0.145. The van der Waals surface area contributed by atoms with Gasteiger partial charge in [0.15, 0.2) is 17.3 Å². The van der Waals surface area contributed by atoms with Crippen molar-refractivity contribution in [2.75, 3.05) is 44.2 Å². The summed E-state index contributed by atoms with van der Waals surface area (Å²) < 4.78 is 11.1. The lowest BCUT2D eigenvalue weighted by Gasteiger charge is -2.35. The van der Waals surface area contributed by atoms with Crippen LogP contribution in [0.2, 0.25) is 0 Å². The van der Waals surface area contributed by atoms with Crippen LogP contribution in [0.5, 0.6) is 11.5 Å². The Morgan fingerprint density at radius 3 is 2.79 bits per heavy atom. The fourth-order valence-electron chi connectivity index (χ4n) is 3.54. The molecule has 1 fully saturated rings. The molecule has 4 rings (SSSR count). The number of fused-ring (bicyclic) bond motifs is 1. The molecule has 28 heavy (non-hydrogen) atoms. The van der Waals surface area contributed by atoms with Gasteiger partial charge in [-0.1, -0.05) is 6.07 Å². The van der Waals surface area contributed by atoms with Gasteiger partial charge in [-0.3, -0.25) is 9.69 Å². The van der Waals surface area contributed by atoms with E-state index in [2.05, 4.69) is 20.9 Å². The van der Waals surface area contributed by atoms with Gasteiger partial charge in [0.2, 0.25) is 0 Å². The number of hydrogen-bond acceptors (Lipinski definition) is 6. The van der Waals surface area contributed by atoms with E-state index in [0.29, 0.717) is 30.1 Å². The minimum absolute atomic E-state index is 0.145. The molecule has 3 heterocycles. The maximum absolute atomic E-state index is 12.5. The molecule has 0 radical (unpaired) electrons. The summed E-state index contributed by atoms with van der Waals surface area (Å²) in [5, 5.41) is 0. The van der Waals surface area contributed by atoms with Gasteiger partial charge in [0.1, 0.15) is 12.4 Å². The van der Waals surface area contributed by atoms with Crippen molar-refractivity contribution in [2.45, 2.75) is 12.8 Å². The lowest BCUT2D eigenvalue weighted by molar-refractivity contribution is 0.0974. The Labute approximate surface area is 165 Å². The Balaban J connectivity index is 1.23. The topological polar surface area (TPSA) is 54.9 Å². The van der Waals surface area contributed by atoms with E-state index in [9.17, 15) is 4.79 Å². The third kappa shape index (κ3) is 4.51. The molecule has 146 valence electrons. The van der Waals surface area contributed by atoms with E-state index in [4.69, 9.17) is 9.47 Å². The molecule has 2 aromatic rings. The molecule has 6 nitrogen and oxygen atoms in total. The number of carbonyl (C=O) groups is 1. The quantitative estimate of drug-likeness (QED) is 0.719. The molecule has 1 aromatic heterocycles. The van der Waals surface area contributed by atoms with Crippen LogP contribution in [0.3, 0.4) is 0 Å². The Bertz CT molecular complexity index is 830. The van der Waals surface area contributed by atoms with Crippen LogP contribution in [0.4, 0.5) is 5.82 Å². The second kappa shape index (κ2) is 8.89. The third-order valence-electron chi connectivity index (χ3n) is 5.12. The van der Waals surface area contributed by atoms with Crippen LogP contribution in [0, 0.1) is 0 Å². The molecule has 0 N–H and O–H groups in total. The first-order chi connectivity index (χ1) is 13.8. The van der Waals surface area contributed by atoms with Crippen LogP contribution in [0.25, 0.3) is 0 Å². The van der Waals surface area contributed by atoms with Crippen LogP contribution in [-0.4, -0.2) is 55.0 Å². The number of Topliss-reactive ketones (excluding diaryl/α,β-unsaturated/α-hetero) is 1. The zero-order chi connectivity index (χ0) is 19.2. The van der Waals surface area contributed by atoms with Gasteiger partial charge in [0, 0.05) is 44.4 Å². The van der Waals surface area contributed by atoms with Crippen molar-refractivity contribution in [2.24, 2.45) is 0 Å². The molecule has 0 bridgehead atoms. The molecule has 0 atom stereocenters. The van der Waals surface area contributed by atoms with Crippen LogP contribution in [0.1, 0.15) is 23.2 Å². The molecule has 0 amide bonds. The van der Waals surface area contributed by atoms with Crippen molar-refractivity contribution < 1.29 is 14.3 Å². The van der Waals surface area contributed by atoms with Gasteiger partial charge in [0.25, 0.3) is 0 Å². The molecular weight excluding hydrogens is 354 g/mol. The Kier molecular flexibility index (Phi) is 5.87. The smallest absolute Gasteiger partial charge is 0.169 e. The summed E-state index contributed by atoms with van der Waals surface area (Å²) in [6.45, 7) is 5.37. The van der Waals surface area contributed by atoms with Crippen molar-refractivity contribution in [1.29, 1.82) is 0 Å². The lowest BCUT2D eigenvalue weighted by Crippen LogP contribution is -2.46. The van der Waals surface area contributed by atoms with Crippen LogP contribution in [-0.2, 0) is 0 Å². The van der Waals surface area contributed by atoms with Gasteiger partial charge in [-0.2, -0.15) is 0 Å². The van der Waals surface area contributed by atoms with Gasteiger partial charge in [-0.25, -0.2) is 4.98 Å². The average Bonchev–Trinajstić information content (AvgIpc) is 2.99. The highest BCUT2D eigenvalue weighted by Crippen LogP contribution is 2.30. The zero-order valence-corrected chi connectivity index (χ0v) is 15.9. The Morgan fingerprint density at radius 1 is 1.07 bits per heavy atom. The standard InChI is InChI=1S/C22H25N3O3/c26-19(18-7-8-20-21(17-18)28-16-4-15-27-20)5-3-10-24-11-13-25(14-12-24)22-6-1-2-9-23-22/h1-2,4,6-9,16-17H,3,5,10-15H2. The van der Waals surface area contributed by atoms with Gasteiger partial charge in [0.05, 0.1) is 6.26 Å². The summed E-state index contributed by atoms with van der Waals surface area (Å²) in [6, 6.07) is 11.4. The number of anilines is 1. The molecule has 1 saturated heterocycles.